The van der Waals surface area contributed by atoms with Crippen LogP contribution in [-0.4, -0.2) is 385 Å². The van der Waals surface area contributed by atoms with Gasteiger partial charge in [-0.15, -0.1) is 0 Å². The van der Waals surface area contributed by atoms with Crippen molar-refractivity contribution in [2.45, 2.75) is 332 Å². The van der Waals surface area contributed by atoms with E-state index in [1.165, 1.54) is 13.8 Å². The third-order valence-electron chi connectivity index (χ3n) is 25.8. The van der Waals surface area contributed by atoms with Crippen LogP contribution in [0.3, 0.4) is 0 Å². The molecule has 0 aromatic carbocycles. The Hall–Kier alpha value is -1.74. The molecular weight excluding hydrogens is 1420 g/mol. The average Bonchev–Trinajstić information content (AvgIpc) is 1.52. The predicted octanol–water partition coefficient (Wildman–Crippen LogP) is -8.51. The first-order chi connectivity index (χ1) is 50.1. The molecule has 8 aliphatic heterocycles. The van der Waals surface area contributed by atoms with Crippen LogP contribution in [0.25, 0.3) is 0 Å². The van der Waals surface area contributed by atoms with Crippen LogP contribution in [0.4, 0.5) is 0 Å². The zero-order valence-electron chi connectivity index (χ0n) is 60.0. The molecule has 46 atom stereocenters. The maximum atomic E-state index is 12.3. The van der Waals surface area contributed by atoms with E-state index in [1.54, 1.807) is 0 Å². The Bertz CT molecular complexity index is 2870. The van der Waals surface area contributed by atoms with Crippen molar-refractivity contribution in [1.82, 2.24) is 0 Å². The molecule has 0 radical (unpaired) electrons. The van der Waals surface area contributed by atoms with Crippen LogP contribution >= 0.6 is 0 Å². The fraction of sp³-hybridized carbons (Fsp3) is 0.971. The quantitative estimate of drug-likeness (QED) is 0.0423. The maximum Gasteiger partial charge on any atom is 0.187 e. The monoisotopic (exact) mass is 1530 g/mol. The standard InChI is InChI=1S/C69H114O37/c1-23(21-92-61-50(85)44(79)39(74)33(17-70)97-61)9-14-69(91)24(2)38-32(106-69)16-31-29-8-7-27-15-28(10-12-67(27,5)30(29)11-13-68(31,38)6)96-66-59(58(43(78)36(20-73)100-66)104-64-52(87)46(81)41(76)35(19-72)99-64)105-65-53(88)47(82)42(77)37(101-65)22-93-60-54(89)48(83)56(25(3)94-60)102-62-55(90)49(84)57(26(4)95-62)103-63-51(86)45(80)40(75)34(18-71)98-63/h7,23-26,28-66,70-91H,8-22H2,1-6H3/t23?,24-,25+,26+,28-,29?,30?,31?,32?,33+,34+,35+,36+,37+,38?,39+,40+,41+,42+,43+,44-,45-,46-,47-,48+,49+,50+,51+,52+,53+,54-,55-,56+,57+,58-,59+,60+,61+,62+,63-,64-,65+,66+,67-,68-,69+/m0/s1. The highest BCUT2D eigenvalue weighted by molar-refractivity contribution is 5.27. The van der Waals surface area contributed by atoms with Crippen LogP contribution in [0.2, 0.25) is 0 Å². The summed E-state index contributed by atoms with van der Waals surface area (Å²) in [7, 11) is 0. The van der Waals surface area contributed by atoms with E-state index in [4.69, 9.17) is 71.1 Å². The number of ether oxygens (including phenoxy) is 15. The maximum absolute atomic E-state index is 12.3. The first-order valence-electron chi connectivity index (χ1n) is 37.3. The van der Waals surface area contributed by atoms with Crippen molar-refractivity contribution < 1.29 is 183 Å². The van der Waals surface area contributed by atoms with Gasteiger partial charge in [0.05, 0.1) is 64.1 Å². The van der Waals surface area contributed by atoms with Gasteiger partial charge < -0.3 is 183 Å². The molecule has 22 N–H and O–H groups in total. The van der Waals surface area contributed by atoms with E-state index in [0.29, 0.717) is 32.1 Å². The summed E-state index contributed by atoms with van der Waals surface area (Å²) in [5.41, 5.74) is 0.666. The van der Waals surface area contributed by atoms with Gasteiger partial charge in [0, 0.05) is 12.3 Å². The summed E-state index contributed by atoms with van der Waals surface area (Å²) in [6.07, 6.45) is -53.0. The molecule has 8 saturated heterocycles. The van der Waals surface area contributed by atoms with Crippen molar-refractivity contribution >= 4 is 0 Å². The lowest BCUT2D eigenvalue weighted by atomic mass is 9.47. The second-order valence-electron chi connectivity index (χ2n) is 32.3. The van der Waals surface area contributed by atoms with Gasteiger partial charge in [-0.2, -0.15) is 0 Å². The van der Waals surface area contributed by atoms with Crippen LogP contribution in [0, 0.1) is 46.3 Å². The molecule has 0 bridgehead atoms. The van der Waals surface area contributed by atoms with Crippen LogP contribution in [0.1, 0.15) is 99.3 Å². The molecule has 612 valence electrons. The SMILES string of the molecule is CC(CC[C@@]1(O)OC2CC3C4CC=C5C[C@@H](O[C@@H]6O[C@H](CO)[C@@H](O)[C@H](O[C@@H]7O[C@H](CO)[C@@H](O)[C@H](O)[C@H]7O)[C@H]6O[C@H]6O[C@H](CO[C@@H]7O[C@H](C)[C@@H](O[C@H]8O[C@H](C)[C@@H](O[C@@H]9O[C@H](CO)[C@@H](O)[C@H](O)[C@H]9O)[C@H](O)[C@@H]8O)[C@H](O)[C@@H]7O)[C@@H](O)[C@H](O)[C@H]6O)CC[C@]5(C)C4CC[C@]3(C)C2[C@@H]1C)CO[C@@H]1O[C@H](CO)[C@@H](O)[C@H](O)[C@H]1O. The van der Waals surface area contributed by atoms with E-state index < -0.39 is 260 Å². The van der Waals surface area contributed by atoms with Crippen molar-refractivity contribution in [3.8, 4) is 0 Å². The van der Waals surface area contributed by atoms with Crippen molar-refractivity contribution in [2.24, 2.45) is 46.3 Å². The molecule has 0 spiro atoms. The van der Waals surface area contributed by atoms with Crippen LogP contribution in [0.5, 0.6) is 0 Å². The van der Waals surface area contributed by atoms with E-state index >= 15 is 0 Å². The summed E-state index contributed by atoms with van der Waals surface area (Å²) in [6.45, 7) is 7.60. The predicted molar refractivity (Wildman–Crippen MR) is 347 cm³/mol. The van der Waals surface area contributed by atoms with Crippen molar-refractivity contribution in [2.75, 3.05) is 39.6 Å². The van der Waals surface area contributed by atoms with E-state index in [9.17, 15) is 112 Å². The molecule has 0 amide bonds. The molecule has 37 heteroatoms. The third kappa shape index (κ3) is 15.7. The topological polar surface area (TPSA) is 584 Å². The van der Waals surface area contributed by atoms with Gasteiger partial charge in [-0.3, -0.25) is 0 Å². The third-order valence-corrected chi connectivity index (χ3v) is 25.8. The zero-order valence-corrected chi connectivity index (χ0v) is 60.0. The number of aliphatic hydroxyl groups is 22. The molecular formula is C69H114O37. The molecule has 106 heavy (non-hydrogen) atoms. The van der Waals surface area contributed by atoms with Gasteiger partial charge >= 0.3 is 0 Å². The van der Waals surface area contributed by atoms with Gasteiger partial charge in [-0.1, -0.05) is 39.3 Å². The lowest BCUT2D eigenvalue weighted by Crippen LogP contribution is -2.67. The van der Waals surface area contributed by atoms with Crippen LogP contribution < -0.4 is 0 Å². The normalized spacial score (nSPS) is 55.1. The number of allylic oxidation sites excluding steroid dienone is 1. The van der Waals surface area contributed by atoms with Crippen LogP contribution in [-0.2, 0) is 71.1 Å². The first kappa shape index (κ1) is 83.7. The Morgan fingerprint density at radius 2 is 0.887 bits per heavy atom. The second kappa shape index (κ2) is 33.6. The summed E-state index contributed by atoms with van der Waals surface area (Å²) in [5, 5.41) is 239. The van der Waals surface area contributed by atoms with E-state index in [1.807, 2.05) is 6.92 Å². The highest BCUT2D eigenvalue weighted by atomic mass is 16.8. The molecule has 3 saturated carbocycles. The van der Waals surface area contributed by atoms with Gasteiger partial charge in [-0.25, -0.2) is 0 Å². The summed E-state index contributed by atoms with van der Waals surface area (Å²) in [5.74, 6) is -0.925. The van der Waals surface area contributed by atoms with E-state index in [0.717, 1.165) is 31.3 Å². The highest BCUT2D eigenvalue weighted by Gasteiger charge is 2.69. The lowest BCUT2D eigenvalue weighted by Gasteiger charge is -2.58. The average molecular weight is 1540 g/mol. The minimum atomic E-state index is -2.12. The van der Waals surface area contributed by atoms with Crippen molar-refractivity contribution in [3.63, 3.8) is 0 Å². The summed E-state index contributed by atoms with van der Waals surface area (Å²) in [6, 6.07) is 0. The number of hydrogen-bond acceptors (Lipinski definition) is 37. The van der Waals surface area contributed by atoms with Crippen LogP contribution in [0.15, 0.2) is 11.6 Å². The molecule has 0 aromatic rings. The van der Waals surface area contributed by atoms with E-state index in [2.05, 4.69) is 26.8 Å². The second-order valence-corrected chi connectivity index (χ2v) is 32.3. The Balaban J connectivity index is 0.698. The molecule has 8 heterocycles. The molecule has 6 unspecified atom stereocenters. The van der Waals surface area contributed by atoms with Gasteiger partial charge in [0.15, 0.2) is 49.8 Å². The summed E-state index contributed by atoms with van der Waals surface area (Å²) in [4.78, 5) is 0. The van der Waals surface area contributed by atoms with Crippen molar-refractivity contribution in [3.05, 3.63) is 11.6 Å². The molecule has 12 rings (SSSR count). The van der Waals surface area contributed by atoms with Gasteiger partial charge in [0.1, 0.15) is 159 Å². The zero-order chi connectivity index (χ0) is 76.8. The minimum absolute atomic E-state index is 0.0605. The Labute approximate surface area is 611 Å². The molecule has 37 nitrogen and oxygen atoms in total. The largest absolute Gasteiger partial charge is 0.394 e. The number of aliphatic hydroxyl groups excluding tert-OH is 21. The Morgan fingerprint density at radius 3 is 1.43 bits per heavy atom. The van der Waals surface area contributed by atoms with Gasteiger partial charge in [0.2, 0.25) is 0 Å². The lowest BCUT2D eigenvalue weighted by molar-refractivity contribution is -0.398. The first-order valence-corrected chi connectivity index (χ1v) is 37.3. The summed E-state index contributed by atoms with van der Waals surface area (Å²) < 4.78 is 90.3. The number of rotatable bonds is 23. The minimum Gasteiger partial charge on any atom is -0.394 e. The molecule has 11 fully saturated rings. The fourth-order valence-corrected chi connectivity index (χ4v) is 19.3. The molecule has 12 aliphatic rings. The molecule has 0 aromatic heterocycles. The Kier molecular flexibility index (Phi) is 26.5. The van der Waals surface area contributed by atoms with Gasteiger partial charge in [0.25, 0.3) is 0 Å². The van der Waals surface area contributed by atoms with E-state index in [-0.39, 0.29) is 59.0 Å². The fourth-order valence-electron chi connectivity index (χ4n) is 19.3. The summed E-state index contributed by atoms with van der Waals surface area (Å²) >= 11 is 0. The molecule has 4 aliphatic carbocycles. The number of hydrogen-bond donors (Lipinski definition) is 22. The van der Waals surface area contributed by atoms with Gasteiger partial charge in [-0.05, 0) is 106 Å². The van der Waals surface area contributed by atoms with Crippen molar-refractivity contribution in [1.29, 1.82) is 0 Å². The Morgan fingerprint density at radius 1 is 0.453 bits per heavy atom. The highest BCUT2D eigenvalue weighted by Crippen LogP contribution is 2.70. The smallest absolute Gasteiger partial charge is 0.187 e. The number of fused-ring (bicyclic) bond motifs is 7.